The molecule has 0 saturated carbocycles. The summed E-state index contributed by atoms with van der Waals surface area (Å²) >= 11 is 0. The molecule has 1 heterocycles. The Labute approximate surface area is 161 Å². The van der Waals surface area contributed by atoms with Crippen molar-refractivity contribution in [1.82, 2.24) is 4.90 Å². The number of aromatic hydroxyl groups is 1. The highest BCUT2D eigenvalue weighted by atomic mass is 16.3. The standard InChI is InChI=1S/C21H22N2O5/c1-5-12(15-10-9-11(2)28-15)16-17(20(26)19(16)25)22-14-8-6-7-13(18(14)24)21(27)23(3)4/h6-10,12,22,24H,5H2,1-4H3/t12-/m0/s1. The summed E-state index contributed by atoms with van der Waals surface area (Å²) in [7, 11) is 3.15. The van der Waals surface area contributed by atoms with Gasteiger partial charge >= 0.3 is 0 Å². The molecule has 0 aliphatic rings. The average molecular weight is 382 g/mol. The molecule has 3 aromatic rings. The van der Waals surface area contributed by atoms with E-state index in [0.29, 0.717) is 23.5 Å². The number of phenols is 1. The SMILES string of the molecule is CC[C@@H](c1ccc(C)o1)c1c(Nc2cccc(C(=O)N(C)C)c2O)c(=O)c1=O. The number of anilines is 2. The van der Waals surface area contributed by atoms with Crippen LogP contribution >= 0.6 is 0 Å². The molecule has 28 heavy (non-hydrogen) atoms. The zero-order valence-electron chi connectivity index (χ0n) is 16.2. The minimum absolute atomic E-state index is 0.101. The van der Waals surface area contributed by atoms with Crippen LogP contribution in [0.2, 0.25) is 0 Å². The third-order valence-corrected chi connectivity index (χ3v) is 4.74. The minimum atomic E-state index is -0.652. The van der Waals surface area contributed by atoms with Gasteiger partial charge in [-0.1, -0.05) is 13.0 Å². The van der Waals surface area contributed by atoms with Crippen LogP contribution in [0.4, 0.5) is 11.4 Å². The summed E-state index contributed by atoms with van der Waals surface area (Å²) < 4.78 is 5.65. The highest BCUT2D eigenvalue weighted by Crippen LogP contribution is 2.35. The fraction of sp³-hybridized carbons (Fsp3) is 0.286. The molecular weight excluding hydrogens is 360 g/mol. The van der Waals surface area contributed by atoms with Gasteiger partial charge in [0.15, 0.2) is 5.75 Å². The number of para-hydroxylation sites is 1. The molecule has 2 N–H and O–H groups in total. The zero-order chi connectivity index (χ0) is 20.6. The molecule has 146 valence electrons. The molecule has 7 nitrogen and oxygen atoms in total. The van der Waals surface area contributed by atoms with Gasteiger partial charge in [0, 0.05) is 25.6 Å². The van der Waals surface area contributed by atoms with E-state index in [1.54, 1.807) is 38.4 Å². The van der Waals surface area contributed by atoms with Crippen LogP contribution in [0.15, 0.2) is 44.3 Å². The van der Waals surface area contributed by atoms with E-state index in [-0.39, 0.29) is 34.5 Å². The molecular formula is C21H22N2O5. The topological polar surface area (TPSA) is 99.8 Å². The van der Waals surface area contributed by atoms with Crippen molar-refractivity contribution in [3.8, 4) is 5.75 Å². The summed E-state index contributed by atoms with van der Waals surface area (Å²) in [6.07, 6.45) is 0.567. The summed E-state index contributed by atoms with van der Waals surface area (Å²) in [6, 6.07) is 8.22. The van der Waals surface area contributed by atoms with Crippen molar-refractivity contribution in [2.45, 2.75) is 26.2 Å². The van der Waals surface area contributed by atoms with Crippen LogP contribution in [0, 0.1) is 6.92 Å². The maximum atomic E-state index is 12.3. The van der Waals surface area contributed by atoms with Gasteiger partial charge in [-0.25, -0.2) is 0 Å². The smallest absolute Gasteiger partial charge is 0.257 e. The molecule has 1 atom stereocenters. The largest absolute Gasteiger partial charge is 0.505 e. The molecule has 0 aliphatic carbocycles. The van der Waals surface area contributed by atoms with E-state index in [1.807, 2.05) is 13.8 Å². The lowest BCUT2D eigenvalue weighted by atomic mass is 9.88. The van der Waals surface area contributed by atoms with E-state index in [1.165, 1.54) is 11.0 Å². The normalized spacial score (nSPS) is 12.1. The predicted octanol–water partition coefficient (Wildman–Crippen LogP) is 2.88. The van der Waals surface area contributed by atoms with Gasteiger partial charge in [-0.15, -0.1) is 0 Å². The van der Waals surface area contributed by atoms with Crippen LogP contribution in [-0.4, -0.2) is 30.0 Å². The second-order valence-corrected chi connectivity index (χ2v) is 6.88. The lowest BCUT2D eigenvalue weighted by Crippen LogP contribution is -2.39. The van der Waals surface area contributed by atoms with E-state index < -0.39 is 10.9 Å². The van der Waals surface area contributed by atoms with Crippen molar-refractivity contribution < 1.29 is 14.3 Å². The monoisotopic (exact) mass is 382 g/mol. The Kier molecular flexibility index (Phi) is 5.09. The Hall–Kier alpha value is -3.35. The number of furan rings is 1. The number of hydrogen-bond acceptors (Lipinski definition) is 6. The second kappa shape index (κ2) is 7.34. The van der Waals surface area contributed by atoms with E-state index >= 15 is 0 Å². The molecule has 2 aromatic carbocycles. The fourth-order valence-electron chi connectivity index (χ4n) is 3.25. The van der Waals surface area contributed by atoms with Gasteiger partial charge in [0.1, 0.15) is 11.5 Å². The third-order valence-electron chi connectivity index (χ3n) is 4.74. The number of hydrogen-bond donors (Lipinski definition) is 2. The molecule has 0 spiro atoms. The van der Waals surface area contributed by atoms with Gasteiger partial charge in [0.2, 0.25) is 10.9 Å². The van der Waals surface area contributed by atoms with Crippen molar-refractivity contribution in [2.24, 2.45) is 0 Å². The Morgan fingerprint density at radius 3 is 2.46 bits per heavy atom. The van der Waals surface area contributed by atoms with E-state index in [0.717, 1.165) is 0 Å². The second-order valence-electron chi connectivity index (χ2n) is 6.88. The first-order valence-electron chi connectivity index (χ1n) is 8.96. The molecule has 0 aliphatic heterocycles. The molecule has 7 heteroatoms. The summed E-state index contributed by atoms with van der Waals surface area (Å²) in [5, 5.41) is 13.3. The molecule has 1 amide bonds. The van der Waals surface area contributed by atoms with Crippen LogP contribution in [0.1, 0.15) is 46.7 Å². The molecule has 0 bridgehead atoms. The first kappa shape index (κ1) is 19.4. The summed E-state index contributed by atoms with van der Waals surface area (Å²) in [5.41, 5.74) is -0.486. The number of carbonyl (C=O) groups excluding carboxylic acids is 1. The van der Waals surface area contributed by atoms with E-state index in [4.69, 9.17) is 4.42 Å². The molecule has 0 saturated heterocycles. The highest BCUT2D eigenvalue weighted by molar-refractivity contribution is 5.98. The van der Waals surface area contributed by atoms with Gasteiger partial charge in [0.05, 0.1) is 16.9 Å². The van der Waals surface area contributed by atoms with Gasteiger partial charge in [-0.3, -0.25) is 14.4 Å². The molecule has 0 fully saturated rings. The van der Waals surface area contributed by atoms with E-state index in [9.17, 15) is 19.5 Å². The number of aryl methyl sites for hydroxylation is 1. The average Bonchev–Trinajstić information content (AvgIpc) is 3.10. The van der Waals surface area contributed by atoms with Gasteiger partial charge in [0.25, 0.3) is 5.91 Å². The van der Waals surface area contributed by atoms with Crippen LogP contribution in [-0.2, 0) is 0 Å². The third kappa shape index (κ3) is 3.19. The number of amides is 1. The van der Waals surface area contributed by atoms with Crippen LogP contribution < -0.4 is 16.2 Å². The van der Waals surface area contributed by atoms with Gasteiger partial charge in [-0.05, 0) is 37.6 Å². The lowest BCUT2D eigenvalue weighted by molar-refractivity contribution is 0.0824. The van der Waals surface area contributed by atoms with Crippen molar-refractivity contribution in [1.29, 1.82) is 0 Å². The van der Waals surface area contributed by atoms with Crippen molar-refractivity contribution >= 4 is 17.3 Å². The number of nitrogens with zero attached hydrogens (tertiary/aromatic N) is 1. The summed E-state index contributed by atoms with van der Waals surface area (Å²) in [5.74, 6) is 0.311. The number of benzene rings is 1. The zero-order valence-corrected chi connectivity index (χ0v) is 16.2. The van der Waals surface area contributed by atoms with Crippen molar-refractivity contribution in [2.75, 3.05) is 19.4 Å². The lowest BCUT2D eigenvalue weighted by Gasteiger charge is -2.20. The Balaban J connectivity index is 2.01. The van der Waals surface area contributed by atoms with Crippen LogP contribution in [0.3, 0.4) is 0 Å². The van der Waals surface area contributed by atoms with Crippen LogP contribution in [0.25, 0.3) is 0 Å². The molecule has 0 radical (unpaired) electrons. The molecule has 0 unspecified atom stereocenters. The van der Waals surface area contributed by atoms with E-state index in [2.05, 4.69) is 5.32 Å². The van der Waals surface area contributed by atoms with Crippen molar-refractivity contribution in [3.63, 3.8) is 0 Å². The number of nitrogens with one attached hydrogen (secondary N) is 1. The Morgan fingerprint density at radius 2 is 1.89 bits per heavy atom. The summed E-state index contributed by atoms with van der Waals surface area (Å²) in [6.45, 7) is 3.71. The highest BCUT2D eigenvalue weighted by Gasteiger charge is 2.30. The van der Waals surface area contributed by atoms with Crippen molar-refractivity contribution in [3.05, 3.63) is 73.4 Å². The first-order chi connectivity index (χ1) is 13.3. The molecule has 3 rings (SSSR count). The molecule has 1 aromatic heterocycles. The maximum Gasteiger partial charge on any atom is 0.257 e. The number of rotatable bonds is 6. The first-order valence-corrected chi connectivity index (χ1v) is 8.96. The van der Waals surface area contributed by atoms with Crippen LogP contribution in [0.5, 0.6) is 5.75 Å². The number of phenolic OH excluding ortho intramolecular Hbond substituents is 1. The van der Waals surface area contributed by atoms with Gasteiger partial charge < -0.3 is 19.7 Å². The maximum absolute atomic E-state index is 12.3. The quantitative estimate of drug-likeness (QED) is 0.502. The Bertz CT molecular complexity index is 1100. The number of carbonyl (C=O) groups is 1. The summed E-state index contributed by atoms with van der Waals surface area (Å²) in [4.78, 5) is 38.0. The predicted molar refractivity (Wildman–Crippen MR) is 106 cm³/mol. The Morgan fingerprint density at radius 1 is 1.18 bits per heavy atom. The fourth-order valence-corrected chi connectivity index (χ4v) is 3.25. The minimum Gasteiger partial charge on any atom is -0.505 e. The van der Waals surface area contributed by atoms with Gasteiger partial charge in [-0.2, -0.15) is 0 Å².